The van der Waals surface area contributed by atoms with Gasteiger partial charge in [-0.1, -0.05) is 38.1 Å². The van der Waals surface area contributed by atoms with E-state index in [9.17, 15) is 4.79 Å². The Morgan fingerprint density at radius 3 is 2.58 bits per heavy atom. The van der Waals surface area contributed by atoms with Crippen LogP contribution in [0.1, 0.15) is 37.4 Å². The second-order valence-electron chi connectivity index (χ2n) is 4.51. The Balaban J connectivity index is 3.01. The minimum absolute atomic E-state index is 0.0793. The van der Waals surface area contributed by atoms with Crippen LogP contribution in [-0.4, -0.2) is 36.2 Å². The first-order chi connectivity index (χ1) is 9.12. The fraction of sp³-hybridized carbons (Fsp3) is 0.533. The van der Waals surface area contributed by atoms with Crippen LogP contribution in [0.15, 0.2) is 24.3 Å². The van der Waals surface area contributed by atoms with Crippen LogP contribution in [0, 0.1) is 0 Å². The lowest BCUT2D eigenvalue weighted by atomic mass is 10.00. The van der Waals surface area contributed by atoms with Crippen molar-refractivity contribution in [2.75, 3.05) is 20.2 Å². The summed E-state index contributed by atoms with van der Waals surface area (Å²) in [5.41, 5.74) is 2.11. The molecular formula is C15H23NO3. The van der Waals surface area contributed by atoms with E-state index in [1.807, 2.05) is 24.3 Å². The number of benzene rings is 1. The topological polar surface area (TPSA) is 49.8 Å². The third-order valence-electron chi connectivity index (χ3n) is 3.27. The zero-order chi connectivity index (χ0) is 14.3. The highest BCUT2D eigenvalue weighted by Gasteiger charge is 2.21. The van der Waals surface area contributed by atoms with Gasteiger partial charge in [-0.2, -0.15) is 0 Å². The molecule has 0 aliphatic heterocycles. The Morgan fingerprint density at radius 2 is 2.05 bits per heavy atom. The summed E-state index contributed by atoms with van der Waals surface area (Å²) in [4.78, 5) is 13.2. The maximum atomic E-state index is 11.1. The summed E-state index contributed by atoms with van der Waals surface area (Å²) in [6.07, 6.45) is 0.123. The highest BCUT2D eigenvalue weighted by atomic mass is 16.5. The van der Waals surface area contributed by atoms with Gasteiger partial charge in [-0.25, -0.2) is 0 Å². The van der Waals surface area contributed by atoms with Gasteiger partial charge in [0.05, 0.1) is 13.0 Å². The number of methoxy groups -OCH3 is 1. The van der Waals surface area contributed by atoms with Crippen LogP contribution < -0.4 is 0 Å². The van der Waals surface area contributed by atoms with Crippen LogP contribution in [0.3, 0.4) is 0 Å². The van der Waals surface area contributed by atoms with E-state index in [-0.39, 0.29) is 12.5 Å². The van der Waals surface area contributed by atoms with Crippen LogP contribution >= 0.6 is 0 Å². The van der Waals surface area contributed by atoms with Crippen molar-refractivity contribution in [1.29, 1.82) is 0 Å². The summed E-state index contributed by atoms with van der Waals surface area (Å²) in [6.45, 7) is 6.33. The van der Waals surface area contributed by atoms with Gasteiger partial charge in [-0.05, 0) is 24.2 Å². The van der Waals surface area contributed by atoms with Gasteiger partial charge >= 0.3 is 5.97 Å². The smallest absolute Gasteiger partial charge is 0.305 e. The fourth-order valence-corrected chi connectivity index (χ4v) is 2.34. The van der Waals surface area contributed by atoms with Crippen molar-refractivity contribution < 1.29 is 14.6 Å². The van der Waals surface area contributed by atoms with E-state index in [1.165, 1.54) is 0 Å². The number of nitrogens with zero attached hydrogens (tertiary/aromatic N) is 1. The van der Waals surface area contributed by atoms with E-state index >= 15 is 0 Å². The molecule has 0 spiro atoms. The molecule has 1 aromatic carbocycles. The van der Waals surface area contributed by atoms with Gasteiger partial charge in [0.25, 0.3) is 0 Å². The first kappa shape index (κ1) is 15.7. The third kappa shape index (κ3) is 4.65. The number of carboxylic acids is 1. The number of rotatable bonds is 8. The molecule has 1 aromatic rings. The van der Waals surface area contributed by atoms with Gasteiger partial charge in [-0.3, -0.25) is 9.69 Å². The van der Waals surface area contributed by atoms with Crippen LogP contribution in [0.2, 0.25) is 0 Å². The SMILES string of the molecule is CCN(CC)C(CC(=O)O)c1cccc(COC)c1. The van der Waals surface area contributed by atoms with Gasteiger partial charge in [0.15, 0.2) is 0 Å². The summed E-state index contributed by atoms with van der Waals surface area (Å²) in [5.74, 6) is -0.769. The van der Waals surface area contributed by atoms with Gasteiger partial charge < -0.3 is 9.84 Å². The molecule has 106 valence electrons. The minimum Gasteiger partial charge on any atom is -0.481 e. The van der Waals surface area contributed by atoms with Gasteiger partial charge in [0, 0.05) is 13.2 Å². The van der Waals surface area contributed by atoms with E-state index in [1.54, 1.807) is 7.11 Å². The summed E-state index contributed by atoms with van der Waals surface area (Å²) >= 11 is 0. The quantitative estimate of drug-likeness (QED) is 0.785. The van der Waals surface area contributed by atoms with Crippen molar-refractivity contribution >= 4 is 5.97 Å². The monoisotopic (exact) mass is 265 g/mol. The molecular weight excluding hydrogens is 242 g/mol. The number of hydrogen-bond donors (Lipinski definition) is 1. The van der Waals surface area contributed by atoms with E-state index in [0.29, 0.717) is 6.61 Å². The van der Waals surface area contributed by atoms with Crippen LogP contribution in [0.5, 0.6) is 0 Å². The predicted octanol–water partition coefficient (Wildman–Crippen LogP) is 2.69. The molecule has 4 heteroatoms. The summed E-state index contributed by atoms with van der Waals surface area (Å²) < 4.78 is 5.13. The van der Waals surface area contributed by atoms with Crippen molar-refractivity contribution in [2.45, 2.75) is 32.9 Å². The summed E-state index contributed by atoms with van der Waals surface area (Å²) in [6, 6.07) is 7.90. The standard InChI is InChI=1S/C15H23NO3/c1-4-16(5-2)14(10-15(17)18)13-8-6-7-12(9-13)11-19-3/h6-9,14H,4-5,10-11H2,1-3H3,(H,17,18). The number of aliphatic carboxylic acids is 1. The second kappa shape index (κ2) is 7.92. The molecule has 0 aliphatic rings. The van der Waals surface area contributed by atoms with Gasteiger partial charge in [-0.15, -0.1) is 0 Å². The van der Waals surface area contributed by atoms with E-state index < -0.39 is 5.97 Å². The lowest BCUT2D eigenvalue weighted by Gasteiger charge is -2.29. The van der Waals surface area contributed by atoms with Crippen LogP contribution in [-0.2, 0) is 16.1 Å². The highest BCUT2D eigenvalue weighted by molar-refractivity contribution is 5.68. The largest absolute Gasteiger partial charge is 0.481 e. The summed E-state index contributed by atoms with van der Waals surface area (Å²) in [7, 11) is 1.66. The second-order valence-corrected chi connectivity index (χ2v) is 4.51. The Labute approximate surface area is 115 Å². The molecule has 1 atom stereocenters. The number of ether oxygens (including phenoxy) is 1. The van der Waals surface area contributed by atoms with E-state index in [0.717, 1.165) is 24.2 Å². The molecule has 0 saturated heterocycles. The molecule has 0 saturated carbocycles. The Hall–Kier alpha value is -1.39. The third-order valence-corrected chi connectivity index (χ3v) is 3.27. The summed E-state index contributed by atoms with van der Waals surface area (Å²) in [5, 5.41) is 9.11. The molecule has 19 heavy (non-hydrogen) atoms. The fourth-order valence-electron chi connectivity index (χ4n) is 2.34. The molecule has 1 unspecified atom stereocenters. The average molecular weight is 265 g/mol. The Morgan fingerprint density at radius 1 is 1.37 bits per heavy atom. The van der Waals surface area contributed by atoms with Crippen molar-refractivity contribution in [3.63, 3.8) is 0 Å². The molecule has 0 heterocycles. The zero-order valence-corrected chi connectivity index (χ0v) is 11.9. The lowest BCUT2D eigenvalue weighted by molar-refractivity contribution is -0.138. The van der Waals surface area contributed by atoms with E-state index in [4.69, 9.17) is 9.84 Å². The molecule has 0 bridgehead atoms. The molecule has 0 amide bonds. The van der Waals surface area contributed by atoms with Gasteiger partial charge in [0.1, 0.15) is 0 Å². The van der Waals surface area contributed by atoms with Crippen LogP contribution in [0.4, 0.5) is 0 Å². The van der Waals surface area contributed by atoms with Crippen molar-refractivity contribution in [1.82, 2.24) is 4.90 Å². The molecule has 1 N–H and O–H groups in total. The van der Waals surface area contributed by atoms with Gasteiger partial charge in [0.2, 0.25) is 0 Å². The lowest BCUT2D eigenvalue weighted by Crippen LogP contribution is -2.30. The van der Waals surface area contributed by atoms with Crippen molar-refractivity contribution in [2.24, 2.45) is 0 Å². The predicted molar refractivity (Wildman–Crippen MR) is 75.1 cm³/mol. The van der Waals surface area contributed by atoms with Crippen molar-refractivity contribution in [3.8, 4) is 0 Å². The minimum atomic E-state index is -0.769. The number of hydrogen-bond acceptors (Lipinski definition) is 3. The molecule has 1 rings (SSSR count). The zero-order valence-electron chi connectivity index (χ0n) is 11.9. The molecule has 4 nitrogen and oxygen atoms in total. The number of carboxylic acid groups (broad SMARTS) is 1. The maximum Gasteiger partial charge on any atom is 0.305 e. The Kier molecular flexibility index (Phi) is 6.53. The maximum absolute atomic E-state index is 11.1. The normalized spacial score (nSPS) is 12.6. The molecule has 0 fully saturated rings. The number of carbonyl (C=O) groups is 1. The van der Waals surface area contributed by atoms with E-state index in [2.05, 4.69) is 18.7 Å². The average Bonchev–Trinajstić information content (AvgIpc) is 2.39. The highest BCUT2D eigenvalue weighted by Crippen LogP contribution is 2.25. The Bertz CT molecular complexity index is 402. The van der Waals surface area contributed by atoms with Crippen molar-refractivity contribution in [3.05, 3.63) is 35.4 Å². The van der Waals surface area contributed by atoms with Crippen LogP contribution in [0.25, 0.3) is 0 Å². The molecule has 0 radical (unpaired) electrons. The first-order valence-corrected chi connectivity index (χ1v) is 6.65. The first-order valence-electron chi connectivity index (χ1n) is 6.65. The molecule has 0 aliphatic carbocycles. The molecule has 0 aromatic heterocycles.